The van der Waals surface area contributed by atoms with Gasteiger partial charge in [0.2, 0.25) is 0 Å². The Morgan fingerprint density at radius 1 is 0.697 bits per heavy atom. The Morgan fingerprint density at radius 3 is 1.91 bits per heavy atom. The van der Waals surface area contributed by atoms with Crippen molar-refractivity contribution in [3.8, 4) is 5.75 Å². The third-order valence-corrected chi connectivity index (χ3v) is 6.30. The molecule has 3 N–H and O–H groups in total. The van der Waals surface area contributed by atoms with Crippen molar-refractivity contribution in [1.82, 2.24) is 4.98 Å². The third kappa shape index (κ3) is 5.62. The van der Waals surface area contributed by atoms with Gasteiger partial charge >= 0.3 is 0 Å². The van der Waals surface area contributed by atoms with E-state index >= 15 is 0 Å². The first-order valence-corrected chi connectivity index (χ1v) is 11.4. The Morgan fingerprint density at radius 2 is 1.27 bits per heavy atom. The Labute approximate surface area is 232 Å². The van der Waals surface area contributed by atoms with E-state index in [2.05, 4.69) is 15.2 Å². The SMILES string of the molecule is O=S(=O)(O)c1ccc(N=Nc2cc(S(=O)(=O)O)c3cccnc3c2O)c2ccccc12.[Na].[Na]. The molecule has 160 valence electrons. The van der Waals surface area contributed by atoms with E-state index in [1.54, 1.807) is 18.2 Å². The van der Waals surface area contributed by atoms with Crippen LogP contribution < -0.4 is 0 Å². The molecular weight excluding hydrogens is 492 g/mol. The number of hydrogen-bond acceptors (Lipinski definition) is 8. The number of aromatic hydroxyl groups is 1. The summed E-state index contributed by atoms with van der Waals surface area (Å²) in [6.45, 7) is 0. The van der Waals surface area contributed by atoms with Crippen LogP contribution >= 0.6 is 0 Å². The number of pyridine rings is 1. The van der Waals surface area contributed by atoms with Gasteiger partial charge in [-0.1, -0.05) is 24.3 Å². The Kier molecular flexibility index (Phi) is 8.79. The molecule has 33 heavy (non-hydrogen) atoms. The molecule has 0 bridgehead atoms. The fourth-order valence-electron chi connectivity index (χ4n) is 3.15. The van der Waals surface area contributed by atoms with Gasteiger partial charge in [0.15, 0.2) is 5.75 Å². The maximum absolute atomic E-state index is 11.8. The predicted octanol–water partition coefficient (Wildman–Crippen LogP) is 3.24. The van der Waals surface area contributed by atoms with Crippen molar-refractivity contribution in [2.75, 3.05) is 0 Å². The van der Waals surface area contributed by atoms with Crippen molar-refractivity contribution in [2.45, 2.75) is 9.79 Å². The summed E-state index contributed by atoms with van der Waals surface area (Å²) >= 11 is 0. The van der Waals surface area contributed by atoms with Crippen LogP contribution in [0.15, 0.2) is 80.8 Å². The molecule has 0 amide bonds. The summed E-state index contributed by atoms with van der Waals surface area (Å²) < 4.78 is 65.8. The van der Waals surface area contributed by atoms with Crippen LogP contribution in [0.25, 0.3) is 21.7 Å². The quantitative estimate of drug-likeness (QED) is 0.216. The van der Waals surface area contributed by atoms with E-state index in [0.29, 0.717) is 5.39 Å². The van der Waals surface area contributed by atoms with Gasteiger partial charge in [-0.05, 0) is 30.3 Å². The number of phenolic OH excluding ortho intramolecular Hbond substituents is 1. The van der Waals surface area contributed by atoms with Crippen LogP contribution in [0.2, 0.25) is 0 Å². The first kappa shape index (κ1) is 27.8. The summed E-state index contributed by atoms with van der Waals surface area (Å²) in [4.78, 5) is 3.12. The summed E-state index contributed by atoms with van der Waals surface area (Å²) in [6, 6.07) is 12.5. The minimum atomic E-state index is -4.66. The molecule has 0 aliphatic carbocycles. The van der Waals surface area contributed by atoms with Crippen molar-refractivity contribution in [1.29, 1.82) is 0 Å². The molecule has 0 atom stereocenters. The number of benzene rings is 3. The minimum Gasteiger partial charge on any atom is -0.504 e. The van der Waals surface area contributed by atoms with E-state index < -0.39 is 30.9 Å². The number of azo groups is 1. The molecule has 4 aromatic rings. The van der Waals surface area contributed by atoms with E-state index in [4.69, 9.17) is 0 Å². The maximum atomic E-state index is 11.8. The molecular formula is C19H13N3Na2O7S2. The van der Waals surface area contributed by atoms with E-state index in [9.17, 15) is 31.0 Å². The molecule has 1 heterocycles. The van der Waals surface area contributed by atoms with Crippen molar-refractivity contribution in [3.05, 3.63) is 60.8 Å². The van der Waals surface area contributed by atoms with Gasteiger partial charge in [0, 0.05) is 81.5 Å². The average molecular weight is 505 g/mol. The second-order valence-corrected chi connectivity index (χ2v) is 9.20. The molecule has 0 aliphatic rings. The summed E-state index contributed by atoms with van der Waals surface area (Å²) in [5.74, 6) is -0.453. The van der Waals surface area contributed by atoms with Crippen LogP contribution in [0.3, 0.4) is 0 Å². The summed E-state index contributed by atoms with van der Waals surface area (Å²) in [5.41, 5.74) is -0.183. The molecule has 0 saturated carbocycles. The number of hydrogen-bond donors (Lipinski definition) is 3. The Hall–Kier alpha value is -1.45. The molecule has 1 aromatic heterocycles. The van der Waals surface area contributed by atoms with Crippen LogP contribution in [-0.2, 0) is 20.2 Å². The first-order valence-electron chi connectivity index (χ1n) is 8.56. The van der Waals surface area contributed by atoms with E-state index in [1.165, 1.54) is 30.5 Å². The van der Waals surface area contributed by atoms with Gasteiger partial charge in [-0.3, -0.25) is 14.1 Å². The molecule has 0 fully saturated rings. The first-order chi connectivity index (χ1) is 14.6. The number of fused-ring (bicyclic) bond motifs is 2. The fourth-order valence-corrected chi connectivity index (χ4v) is 4.55. The standard InChI is InChI=1S/C19H13N3O7S2.2Na/c23-19-15(10-17(31(27,28)29)13-6-3-9-20-18(13)19)22-21-14-7-8-16(30(24,25)26)12-5-2-1-4-11(12)14;;/h1-10,23H,(H,24,25,26)(H,27,28,29);;. The van der Waals surface area contributed by atoms with Crippen LogP contribution in [0.4, 0.5) is 11.4 Å². The van der Waals surface area contributed by atoms with Gasteiger partial charge in [0.05, 0.1) is 5.69 Å². The van der Waals surface area contributed by atoms with Crippen LogP contribution in [-0.4, -0.2) is 95.1 Å². The molecule has 2 radical (unpaired) electrons. The molecule has 0 unspecified atom stereocenters. The van der Waals surface area contributed by atoms with Crippen molar-refractivity contribution in [2.24, 2.45) is 10.2 Å². The van der Waals surface area contributed by atoms with Gasteiger partial charge in [-0.25, -0.2) is 0 Å². The van der Waals surface area contributed by atoms with Crippen LogP contribution in [0, 0.1) is 0 Å². The van der Waals surface area contributed by atoms with Gasteiger partial charge < -0.3 is 5.11 Å². The van der Waals surface area contributed by atoms with Crippen molar-refractivity contribution in [3.63, 3.8) is 0 Å². The minimum absolute atomic E-state index is 0. The number of nitrogens with zero attached hydrogens (tertiary/aromatic N) is 3. The van der Waals surface area contributed by atoms with Crippen molar-refractivity contribution >= 4 is 112 Å². The fraction of sp³-hybridized carbons (Fsp3) is 0. The van der Waals surface area contributed by atoms with E-state index in [1.807, 2.05) is 0 Å². The van der Waals surface area contributed by atoms with Gasteiger partial charge in [-0.15, -0.1) is 10.2 Å². The predicted molar refractivity (Wildman–Crippen MR) is 123 cm³/mol. The second-order valence-electron chi connectivity index (χ2n) is 6.42. The molecule has 14 heteroatoms. The zero-order valence-electron chi connectivity index (χ0n) is 17.4. The number of aromatic nitrogens is 1. The molecule has 3 aromatic carbocycles. The number of rotatable bonds is 4. The molecule has 0 spiro atoms. The summed E-state index contributed by atoms with van der Waals surface area (Å²) in [7, 11) is -9.14. The molecule has 10 nitrogen and oxygen atoms in total. The third-order valence-electron chi connectivity index (χ3n) is 4.49. The molecule has 4 rings (SSSR count). The van der Waals surface area contributed by atoms with E-state index in [0.717, 1.165) is 12.1 Å². The summed E-state index contributed by atoms with van der Waals surface area (Å²) in [5, 5.41) is 18.9. The zero-order chi connectivity index (χ0) is 22.4. The maximum Gasteiger partial charge on any atom is 0.295 e. The van der Waals surface area contributed by atoms with Crippen LogP contribution in [0.5, 0.6) is 5.75 Å². The zero-order valence-corrected chi connectivity index (χ0v) is 23.0. The van der Waals surface area contributed by atoms with Crippen molar-refractivity contribution < 1.29 is 31.0 Å². The number of phenols is 1. The van der Waals surface area contributed by atoms with E-state index in [-0.39, 0.29) is 91.7 Å². The van der Waals surface area contributed by atoms with Gasteiger partial charge in [0.25, 0.3) is 20.2 Å². The molecule has 0 saturated heterocycles. The Bertz CT molecular complexity index is 1610. The smallest absolute Gasteiger partial charge is 0.295 e. The average Bonchev–Trinajstić information content (AvgIpc) is 2.71. The largest absolute Gasteiger partial charge is 0.504 e. The topological polar surface area (TPSA) is 167 Å². The Balaban J connectivity index is 0.00000193. The molecule has 0 aliphatic heterocycles. The monoisotopic (exact) mass is 505 g/mol. The van der Waals surface area contributed by atoms with Gasteiger partial charge in [-0.2, -0.15) is 16.8 Å². The second kappa shape index (κ2) is 10.4. The van der Waals surface area contributed by atoms with Crippen LogP contribution in [0.1, 0.15) is 0 Å². The normalized spacial score (nSPS) is 11.9. The summed E-state index contributed by atoms with van der Waals surface area (Å²) in [6.07, 6.45) is 1.33. The van der Waals surface area contributed by atoms with Gasteiger partial charge in [0.1, 0.15) is 21.0 Å².